The molecular weight excluding hydrogens is 208 g/mol. The van der Waals surface area contributed by atoms with Crippen LogP contribution in [-0.4, -0.2) is 47.5 Å². The third kappa shape index (κ3) is 4.71. The van der Waals surface area contributed by atoms with Crippen molar-refractivity contribution in [1.29, 1.82) is 0 Å². The Balaban J connectivity index is 2.30. The van der Waals surface area contributed by atoms with Crippen molar-refractivity contribution in [1.82, 2.24) is 10.2 Å². The highest BCUT2D eigenvalue weighted by Gasteiger charge is 2.23. The summed E-state index contributed by atoms with van der Waals surface area (Å²) in [4.78, 5) is 13.7. The smallest absolute Gasteiger partial charge is 0.234 e. The highest BCUT2D eigenvalue weighted by Crippen LogP contribution is 2.24. The summed E-state index contributed by atoms with van der Waals surface area (Å²) in [6.07, 6.45) is 1.70. The van der Waals surface area contributed by atoms with Crippen LogP contribution in [0.25, 0.3) is 0 Å². The number of nitrogens with zero attached hydrogens (tertiary/aromatic N) is 1. The molecule has 0 aromatic heterocycles. The number of carbonyl (C=O) groups excluding carboxylic acids is 1. The quantitative estimate of drug-likeness (QED) is 0.732. The molecule has 0 aliphatic carbocycles. The average Bonchev–Trinajstić information content (AvgIpc) is 2.13. The predicted molar refractivity (Wildman–Crippen MR) is 66.2 cm³/mol. The summed E-state index contributed by atoms with van der Waals surface area (Å²) >= 11 is 2.00. The molecule has 3 nitrogen and oxygen atoms in total. The number of carbonyl (C=O) groups is 1. The van der Waals surface area contributed by atoms with Gasteiger partial charge in [-0.15, -0.1) is 6.58 Å². The van der Waals surface area contributed by atoms with Crippen molar-refractivity contribution < 1.29 is 4.79 Å². The molecule has 0 unspecified atom stereocenters. The van der Waals surface area contributed by atoms with Gasteiger partial charge in [0.05, 0.1) is 6.54 Å². The third-order valence-corrected chi connectivity index (χ3v) is 3.53. The molecule has 0 aromatic carbocycles. The molecule has 0 radical (unpaired) electrons. The Morgan fingerprint density at radius 3 is 2.67 bits per heavy atom. The maximum absolute atomic E-state index is 11.5. The van der Waals surface area contributed by atoms with Gasteiger partial charge in [0.1, 0.15) is 0 Å². The largest absolute Gasteiger partial charge is 0.352 e. The van der Waals surface area contributed by atoms with E-state index in [0.717, 1.165) is 13.1 Å². The first-order valence-electron chi connectivity index (χ1n) is 5.37. The van der Waals surface area contributed by atoms with E-state index in [1.165, 1.54) is 0 Å². The fourth-order valence-electron chi connectivity index (χ4n) is 1.86. The molecule has 1 saturated heterocycles. The summed E-state index contributed by atoms with van der Waals surface area (Å²) in [5, 5.41) is 4.06. The Morgan fingerprint density at radius 1 is 1.53 bits per heavy atom. The van der Waals surface area contributed by atoms with Gasteiger partial charge >= 0.3 is 0 Å². The lowest BCUT2D eigenvalue weighted by molar-refractivity contribution is -0.122. The summed E-state index contributed by atoms with van der Waals surface area (Å²) in [6.45, 7) is 11.1. The van der Waals surface area contributed by atoms with Gasteiger partial charge in [0, 0.05) is 30.1 Å². The number of rotatable bonds is 4. The van der Waals surface area contributed by atoms with Gasteiger partial charge in [0.25, 0.3) is 0 Å². The molecule has 0 saturated carbocycles. The Hall–Kier alpha value is -0.480. The highest BCUT2D eigenvalue weighted by atomic mass is 32.2. The standard InChI is InChI=1S/C11H20N2OS/c1-4-5-12-11(14)8-13-6-9(2)15-10(3)7-13/h4,9-10H,1,5-8H2,2-3H3,(H,12,14)/t9-,10-/m0/s1. The molecule has 0 aromatic rings. The van der Waals surface area contributed by atoms with Crippen molar-refractivity contribution in [3.05, 3.63) is 12.7 Å². The van der Waals surface area contributed by atoms with Gasteiger partial charge in [-0.05, 0) is 0 Å². The third-order valence-electron chi connectivity index (χ3n) is 2.31. The molecule has 1 aliphatic rings. The fourth-order valence-corrected chi connectivity index (χ4v) is 3.25. The van der Waals surface area contributed by atoms with Gasteiger partial charge in [-0.3, -0.25) is 9.69 Å². The SMILES string of the molecule is C=CCNC(=O)CN1C[C@H](C)S[C@@H](C)C1. The zero-order valence-electron chi connectivity index (χ0n) is 9.53. The maximum atomic E-state index is 11.5. The zero-order valence-corrected chi connectivity index (χ0v) is 10.3. The van der Waals surface area contributed by atoms with Crippen LogP contribution in [0.2, 0.25) is 0 Å². The summed E-state index contributed by atoms with van der Waals surface area (Å²) in [7, 11) is 0. The van der Waals surface area contributed by atoms with Gasteiger partial charge in [0.15, 0.2) is 0 Å². The van der Waals surface area contributed by atoms with Crippen molar-refractivity contribution in [2.75, 3.05) is 26.2 Å². The van der Waals surface area contributed by atoms with Crippen molar-refractivity contribution >= 4 is 17.7 Å². The molecule has 2 atom stereocenters. The second-order valence-electron chi connectivity index (χ2n) is 4.04. The lowest BCUT2D eigenvalue weighted by Crippen LogP contribution is -2.45. The predicted octanol–water partition coefficient (Wildman–Crippen LogP) is 1.11. The maximum Gasteiger partial charge on any atom is 0.234 e. The van der Waals surface area contributed by atoms with Gasteiger partial charge in [0.2, 0.25) is 5.91 Å². The number of hydrogen-bond acceptors (Lipinski definition) is 3. The van der Waals surface area contributed by atoms with Crippen molar-refractivity contribution in [2.45, 2.75) is 24.3 Å². The molecule has 1 N–H and O–H groups in total. The first-order valence-corrected chi connectivity index (χ1v) is 6.31. The molecule has 1 amide bonds. The first kappa shape index (κ1) is 12.6. The van der Waals surface area contributed by atoms with Crippen molar-refractivity contribution in [3.8, 4) is 0 Å². The molecule has 86 valence electrons. The van der Waals surface area contributed by atoms with E-state index >= 15 is 0 Å². The molecule has 1 rings (SSSR count). The van der Waals surface area contributed by atoms with Crippen LogP contribution in [0, 0.1) is 0 Å². The van der Waals surface area contributed by atoms with Crippen LogP contribution < -0.4 is 5.32 Å². The lowest BCUT2D eigenvalue weighted by Gasteiger charge is -2.33. The molecule has 1 fully saturated rings. The highest BCUT2D eigenvalue weighted by molar-refractivity contribution is 8.00. The Labute approximate surface area is 96.3 Å². The summed E-state index contributed by atoms with van der Waals surface area (Å²) in [5.74, 6) is 0.0983. The van der Waals surface area contributed by atoms with Crippen LogP contribution >= 0.6 is 11.8 Å². The van der Waals surface area contributed by atoms with Gasteiger partial charge in [-0.2, -0.15) is 11.8 Å². The second kappa shape index (κ2) is 6.18. The number of hydrogen-bond donors (Lipinski definition) is 1. The number of thioether (sulfide) groups is 1. The average molecular weight is 228 g/mol. The Kier molecular flexibility index (Phi) is 5.19. The van der Waals surface area contributed by atoms with Crippen LogP contribution in [0.3, 0.4) is 0 Å². The van der Waals surface area contributed by atoms with E-state index in [2.05, 4.69) is 30.6 Å². The molecule has 4 heteroatoms. The van der Waals surface area contributed by atoms with Crippen LogP contribution in [0.5, 0.6) is 0 Å². The van der Waals surface area contributed by atoms with Crippen LogP contribution in [0.15, 0.2) is 12.7 Å². The van der Waals surface area contributed by atoms with Crippen LogP contribution in [0.4, 0.5) is 0 Å². The zero-order chi connectivity index (χ0) is 11.3. The van der Waals surface area contributed by atoms with E-state index in [1.54, 1.807) is 6.08 Å². The minimum atomic E-state index is 0.0983. The molecular formula is C11H20N2OS. The molecule has 0 spiro atoms. The van der Waals surface area contributed by atoms with Crippen LogP contribution in [-0.2, 0) is 4.79 Å². The van der Waals surface area contributed by atoms with E-state index in [4.69, 9.17) is 0 Å². The monoisotopic (exact) mass is 228 g/mol. The normalized spacial score (nSPS) is 27.3. The summed E-state index contributed by atoms with van der Waals surface area (Å²) in [5.41, 5.74) is 0. The summed E-state index contributed by atoms with van der Waals surface area (Å²) in [6, 6.07) is 0. The van der Waals surface area contributed by atoms with E-state index in [0.29, 0.717) is 23.6 Å². The van der Waals surface area contributed by atoms with E-state index < -0.39 is 0 Å². The minimum absolute atomic E-state index is 0.0983. The van der Waals surface area contributed by atoms with E-state index in [1.807, 2.05) is 11.8 Å². The first-order chi connectivity index (χ1) is 7.11. The van der Waals surface area contributed by atoms with Crippen molar-refractivity contribution in [2.24, 2.45) is 0 Å². The molecule has 1 heterocycles. The van der Waals surface area contributed by atoms with Gasteiger partial charge in [-0.1, -0.05) is 19.9 Å². The number of nitrogens with one attached hydrogen (secondary N) is 1. The summed E-state index contributed by atoms with van der Waals surface area (Å²) < 4.78 is 0. The van der Waals surface area contributed by atoms with E-state index in [-0.39, 0.29) is 5.91 Å². The van der Waals surface area contributed by atoms with Gasteiger partial charge < -0.3 is 5.32 Å². The van der Waals surface area contributed by atoms with E-state index in [9.17, 15) is 4.79 Å². The molecule has 1 aliphatic heterocycles. The second-order valence-corrected chi connectivity index (χ2v) is 5.93. The molecule has 0 bridgehead atoms. The fraction of sp³-hybridized carbons (Fsp3) is 0.727. The van der Waals surface area contributed by atoms with Crippen molar-refractivity contribution in [3.63, 3.8) is 0 Å². The Bertz CT molecular complexity index is 223. The van der Waals surface area contributed by atoms with Gasteiger partial charge in [-0.25, -0.2) is 0 Å². The molecule has 15 heavy (non-hydrogen) atoms. The van der Waals surface area contributed by atoms with Crippen LogP contribution in [0.1, 0.15) is 13.8 Å². The lowest BCUT2D eigenvalue weighted by atomic mass is 10.3. The Morgan fingerprint density at radius 2 is 2.13 bits per heavy atom. The minimum Gasteiger partial charge on any atom is -0.352 e. The number of amides is 1. The topological polar surface area (TPSA) is 32.3 Å².